The number of fused-ring (bicyclic) bond motifs is 1. The van der Waals surface area contributed by atoms with E-state index in [1.165, 1.54) is 0 Å². The number of hydrogen-bond acceptors (Lipinski definition) is 8. The minimum Gasteiger partial charge on any atom is -0.497 e. The quantitative estimate of drug-likeness (QED) is 0.514. The summed E-state index contributed by atoms with van der Waals surface area (Å²) in [4.78, 5) is 21.5. The summed E-state index contributed by atoms with van der Waals surface area (Å²) in [5.74, 6) is 2.24. The molecule has 148 valence electrons. The van der Waals surface area contributed by atoms with Crippen molar-refractivity contribution in [1.29, 1.82) is 0 Å². The summed E-state index contributed by atoms with van der Waals surface area (Å²) in [6.07, 6.45) is 5.79. The molecule has 4 rings (SSSR count). The number of nitrogens with zero attached hydrogens (tertiary/aromatic N) is 6. The first-order valence-corrected chi connectivity index (χ1v) is 8.86. The van der Waals surface area contributed by atoms with Crippen LogP contribution in [0.3, 0.4) is 0 Å². The van der Waals surface area contributed by atoms with Gasteiger partial charge >= 0.3 is 0 Å². The monoisotopic (exact) mass is 394 g/mol. The number of aryl methyl sites for hydroxylation is 1. The highest BCUT2D eigenvalue weighted by atomic mass is 19.1. The van der Waals surface area contributed by atoms with Crippen molar-refractivity contribution >= 4 is 28.5 Å². The van der Waals surface area contributed by atoms with E-state index in [1.54, 1.807) is 13.4 Å². The predicted molar refractivity (Wildman–Crippen MR) is 107 cm³/mol. The summed E-state index contributed by atoms with van der Waals surface area (Å²) in [5.41, 5.74) is 0.717. The first kappa shape index (κ1) is 18.5. The number of nitrogens with one attached hydrogen (secondary N) is 2. The number of ether oxygens (including phenoxy) is 1. The van der Waals surface area contributed by atoms with E-state index in [4.69, 9.17) is 4.74 Å². The Hall–Kier alpha value is -3.82. The summed E-state index contributed by atoms with van der Waals surface area (Å²) in [6.45, 7) is 1.85. The van der Waals surface area contributed by atoms with Crippen molar-refractivity contribution in [2.24, 2.45) is 7.05 Å². The van der Waals surface area contributed by atoms with Crippen molar-refractivity contribution in [2.75, 3.05) is 17.7 Å². The van der Waals surface area contributed by atoms with E-state index < -0.39 is 5.82 Å². The van der Waals surface area contributed by atoms with Gasteiger partial charge in [-0.15, -0.1) is 0 Å². The van der Waals surface area contributed by atoms with Crippen LogP contribution in [-0.4, -0.2) is 36.6 Å². The first-order valence-electron chi connectivity index (χ1n) is 8.86. The molecule has 1 atom stereocenters. The molecule has 0 spiro atoms. The Kier molecular flexibility index (Phi) is 4.90. The summed E-state index contributed by atoms with van der Waals surface area (Å²) in [7, 11) is 3.49. The smallest absolute Gasteiger partial charge is 0.225 e. The lowest BCUT2D eigenvalue weighted by atomic mass is 10.2. The van der Waals surface area contributed by atoms with E-state index in [1.807, 2.05) is 42.9 Å². The number of rotatable bonds is 6. The number of halogens is 1. The molecule has 0 fully saturated rings. The Balaban J connectivity index is 1.71. The van der Waals surface area contributed by atoms with Gasteiger partial charge in [0.1, 0.15) is 23.2 Å². The van der Waals surface area contributed by atoms with Crippen LogP contribution in [0.4, 0.5) is 22.0 Å². The van der Waals surface area contributed by atoms with Crippen LogP contribution < -0.4 is 15.4 Å². The number of hydrogen-bond donors (Lipinski definition) is 2. The van der Waals surface area contributed by atoms with Crippen LogP contribution in [0.5, 0.6) is 5.75 Å². The van der Waals surface area contributed by atoms with E-state index in [0.29, 0.717) is 34.7 Å². The predicted octanol–water partition coefficient (Wildman–Crippen LogP) is 3.22. The Labute approximate surface area is 166 Å². The normalized spacial score (nSPS) is 12.0. The third kappa shape index (κ3) is 4.05. The first-order chi connectivity index (χ1) is 14.0. The van der Waals surface area contributed by atoms with Crippen molar-refractivity contribution in [1.82, 2.24) is 29.5 Å². The van der Waals surface area contributed by atoms with Crippen LogP contribution in [0.15, 0.2) is 43.1 Å². The molecule has 0 aliphatic rings. The molecule has 4 aromatic rings. The second-order valence-electron chi connectivity index (χ2n) is 6.45. The molecule has 0 aliphatic carbocycles. The van der Waals surface area contributed by atoms with Crippen molar-refractivity contribution in [3.05, 3.63) is 54.8 Å². The minimum absolute atomic E-state index is 0.325. The van der Waals surface area contributed by atoms with Crippen LogP contribution in [0.2, 0.25) is 0 Å². The number of benzene rings is 1. The van der Waals surface area contributed by atoms with Gasteiger partial charge in [0.2, 0.25) is 5.95 Å². The molecule has 0 saturated heterocycles. The largest absolute Gasteiger partial charge is 0.497 e. The lowest BCUT2D eigenvalue weighted by Gasteiger charge is -2.15. The number of anilines is 3. The summed E-state index contributed by atoms with van der Waals surface area (Å²) in [5, 5.41) is 7.17. The highest BCUT2D eigenvalue weighted by Gasteiger charge is 2.14. The van der Waals surface area contributed by atoms with Gasteiger partial charge in [-0.25, -0.2) is 24.3 Å². The fourth-order valence-electron chi connectivity index (χ4n) is 2.80. The molecule has 0 bridgehead atoms. The zero-order chi connectivity index (χ0) is 20.4. The van der Waals surface area contributed by atoms with Gasteiger partial charge < -0.3 is 19.9 Å². The molecule has 9 nitrogen and oxygen atoms in total. The molecule has 0 unspecified atom stereocenters. The van der Waals surface area contributed by atoms with E-state index in [-0.39, 0.29) is 6.04 Å². The second kappa shape index (κ2) is 7.66. The molecule has 29 heavy (non-hydrogen) atoms. The van der Waals surface area contributed by atoms with Gasteiger partial charge in [-0.3, -0.25) is 0 Å². The SMILES string of the molecule is COc1ccc2nc(N[C@@H](C)c3ncc(F)cn3)nc(Nc3cn(C)cn3)c2c1. The lowest BCUT2D eigenvalue weighted by Crippen LogP contribution is -2.13. The number of methoxy groups -OCH3 is 1. The van der Waals surface area contributed by atoms with Gasteiger partial charge in [0.15, 0.2) is 5.82 Å². The number of aromatic nitrogens is 6. The van der Waals surface area contributed by atoms with Crippen molar-refractivity contribution in [3.63, 3.8) is 0 Å². The van der Waals surface area contributed by atoms with E-state index in [9.17, 15) is 4.39 Å². The maximum absolute atomic E-state index is 13.1. The number of imidazole rings is 1. The topological polar surface area (TPSA) is 103 Å². The fourth-order valence-corrected chi connectivity index (χ4v) is 2.80. The van der Waals surface area contributed by atoms with E-state index in [0.717, 1.165) is 17.8 Å². The molecule has 3 aromatic heterocycles. The molecule has 0 amide bonds. The van der Waals surface area contributed by atoms with Gasteiger partial charge in [-0.05, 0) is 25.1 Å². The lowest BCUT2D eigenvalue weighted by molar-refractivity contribution is 0.415. The zero-order valence-electron chi connectivity index (χ0n) is 16.1. The van der Waals surface area contributed by atoms with Gasteiger partial charge in [0, 0.05) is 18.6 Å². The van der Waals surface area contributed by atoms with Crippen LogP contribution in [0, 0.1) is 5.82 Å². The van der Waals surface area contributed by atoms with Crippen LogP contribution in [-0.2, 0) is 7.05 Å². The standard InChI is InChI=1S/C19H19FN8O/c1-11(17-21-7-12(20)8-22-17)24-19-25-15-5-4-13(29-3)6-14(15)18(27-19)26-16-9-28(2)10-23-16/h4-11H,1-3H3,(H2,24,25,26,27)/t11-/m0/s1. The minimum atomic E-state index is -0.487. The molecule has 0 aliphatic heterocycles. The molecule has 3 heterocycles. The Morgan fingerprint density at radius 2 is 1.93 bits per heavy atom. The molecule has 1 aromatic carbocycles. The summed E-state index contributed by atoms with van der Waals surface area (Å²) in [6, 6.07) is 5.21. The molecule has 0 radical (unpaired) electrons. The van der Waals surface area contributed by atoms with Gasteiger partial charge in [-0.1, -0.05) is 0 Å². The highest BCUT2D eigenvalue weighted by molar-refractivity contribution is 5.92. The molecular weight excluding hydrogens is 375 g/mol. The summed E-state index contributed by atoms with van der Waals surface area (Å²) < 4.78 is 20.2. The van der Waals surface area contributed by atoms with Crippen LogP contribution >= 0.6 is 0 Å². The van der Waals surface area contributed by atoms with E-state index in [2.05, 4.69) is 35.6 Å². The Bertz CT molecular complexity index is 1140. The van der Waals surface area contributed by atoms with Crippen LogP contribution in [0.1, 0.15) is 18.8 Å². The summed E-state index contributed by atoms with van der Waals surface area (Å²) >= 11 is 0. The van der Waals surface area contributed by atoms with Crippen LogP contribution in [0.25, 0.3) is 10.9 Å². The van der Waals surface area contributed by atoms with Gasteiger partial charge in [-0.2, -0.15) is 4.98 Å². The Morgan fingerprint density at radius 1 is 1.14 bits per heavy atom. The Morgan fingerprint density at radius 3 is 2.62 bits per heavy atom. The fraction of sp³-hybridized carbons (Fsp3) is 0.211. The van der Waals surface area contributed by atoms with Crippen molar-refractivity contribution in [2.45, 2.75) is 13.0 Å². The van der Waals surface area contributed by atoms with E-state index >= 15 is 0 Å². The zero-order valence-corrected chi connectivity index (χ0v) is 16.1. The van der Waals surface area contributed by atoms with Crippen molar-refractivity contribution in [3.8, 4) is 5.75 Å². The van der Waals surface area contributed by atoms with Crippen molar-refractivity contribution < 1.29 is 9.13 Å². The maximum Gasteiger partial charge on any atom is 0.225 e. The molecular formula is C19H19FN8O. The third-order valence-electron chi connectivity index (χ3n) is 4.23. The van der Waals surface area contributed by atoms with Gasteiger partial charge in [0.25, 0.3) is 0 Å². The maximum atomic E-state index is 13.1. The van der Waals surface area contributed by atoms with Gasteiger partial charge in [0.05, 0.1) is 37.4 Å². The molecule has 0 saturated carbocycles. The average molecular weight is 394 g/mol. The second-order valence-corrected chi connectivity index (χ2v) is 6.45. The third-order valence-corrected chi connectivity index (χ3v) is 4.23. The molecule has 2 N–H and O–H groups in total. The average Bonchev–Trinajstić information content (AvgIpc) is 3.13. The highest BCUT2D eigenvalue weighted by Crippen LogP contribution is 2.29. The molecule has 10 heteroatoms.